The highest BCUT2D eigenvalue weighted by Crippen LogP contribution is 2.31. The number of fused-ring (bicyclic) bond motifs is 1. The highest BCUT2D eigenvalue weighted by molar-refractivity contribution is 6.05. The summed E-state index contributed by atoms with van der Waals surface area (Å²) in [5, 5.41) is 5.45. The number of likely N-dealkylation sites (tertiary alicyclic amines) is 1. The largest absolute Gasteiger partial charge is 0.489 e. The van der Waals surface area contributed by atoms with Gasteiger partial charge in [0.2, 0.25) is 11.8 Å². The maximum absolute atomic E-state index is 12.9. The highest BCUT2D eigenvalue weighted by atomic mass is 16.5. The standard InChI is InChI=1S/C25H27N3O4.C4H11N/c29-23-11-10-22(24(30)26-23)28-15-18-13-19(8-9-21(18)25(28)31)32-20-7-4-12-27(16-20)14-17-5-2-1-3-6-17;1-3-5-4-2/h1-3,5-6,8-9,13,20,22H,4,7,10-12,14-16H2,(H,26,29,30);5H,3-4H2,1-2H3. The molecular formula is C29H38N4O4. The van der Waals surface area contributed by atoms with Gasteiger partial charge in [-0.1, -0.05) is 44.2 Å². The first-order chi connectivity index (χ1) is 18.0. The first kappa shape index (κ1) is 26.8. The lowest BCUT2D eigenvalue weighted by Gasteiger charge is -2.33. The Morgan fingerprint density at radius 1 is 1.03 bits per heavy atom. The monoisotopic (exact) mass is 506 g/mol. The first-order valence-electron chi connectivity index (χ1n) is 13.4. The third kappa shape index (κ3) is 6.96. The van der Waals surface area contributed by atoms with Crippen LogP contribution in [0.1, 0.15) is 61.0 Å². The summed E-state index contributed by atoms with van der Waals surface area (Å²) < 4.78 is 6.30. The molecule has 2 fully saturated rings. The second-order valence-corrected chi connectivity index (χ2v) is 9.78. The smallest absolute Gasteiger partial charge is 0.255 e. The average Bonchev–Trinajstić information content (AvgIpc) is 3.21. The molecule has 2 atom stereocenters. The number of rotatable bonds is 7. The average molecular weight is 507 g/mol. The van der Waals surface area contributed by atoms with Crippen LogP contribution in [0.15, 0.2) is 48.5 Å². The minimum atomic E-state index is -0.596. The van der Waals surface area contributed by atoms with Gasteiger partial charge < -0.3 is 15.0 Å². The lowest BCUT2D eigenvalue weighted by Crippen LogP contribution is -2.52. The Balaban J connectivity index is 0.000000586. The van der Waals surface area contributed by atoms with Crippen LogP contribution in [0.3, 0.4) is 0 Å². The van der Waals surface area contributed by atoms with Crippen molar-refractivity contribution in [1.82, 2.24) is 20.4 Å². The molecule has 37 heavy (non-hydrogen) atoms. The third-order valence-corrected chi connectivity index (χ3v) is 7.01. The summed E-state index contributed by atoms with van der Waals surface area (Å²) in [4.78, 5) is 40.5. The number of ether oxygens (including phenoxy) is 1. The summed E-state index contributed by atoms with van der Waals surface area (Å²) >= 11 is 0. The van der Waals surface area contributed by atoms with Crippen LogP contribution in [-0.2, 0) is 22.7 Å². The van der Waals surface area contributed by atoms with Gasteiger partial charge in [-0.3, -0.25) is 24.6 Å². The summed E-state index contributed by atoms with van der Waals surface area (Å²) in [6.45, 7) is 9.60. The van der Waals surface area contributed by atoms with E-state index in [2.05, 4.69) is 53.6 Å². The molecule has 0 aliphatic carbocycles. The Hall–Kier alpha value is -3.23. The lowest BCUT2D eigenvalue weighted by atomic mass is 10.0. The fraction of sp³-hybridized carbons (Fsp3) is 0.483. The van der Waals surface area contributed by atoms with Crippen LogP contribution in [-0.4, -0.2) is 65.8 Å². The minimum Gasteiger partial charge on any atom is -0.489 e. The van der Waals surface area contributed by atoms with Crippen molar-refractivity contribution < 1.29 is 19.1 Å². The van der Waals surface area contributed by atoms with Gasteiger partial charge in [-0.25, -0.2) is 0 Å². The molecule has 5 rings (SSSR count). The Labute approximate surface area is 219 Å². The molecule has 3 aliphatic rings. The SMILES string of the molecule is CCNCC.O=C1CCC(N2Cc3cc(OC4CCCN(Cc5ccccc5)C4)ccc3C2=O)C(=O)N1. The Bertz CT molecular complexity index is 1090. The van der Waals surface area contributed by atoms with Gasteiger partial charge in [-0.05, 0) is 68.2 Å². The first-order valence-corrected chi connectivity index (χ1v) is 13.4. The summed E-state index contributed by atoms with van der Waals surface area (Å²) in [5.41, 5.74) is 2.78. The second-order valence-electron chi connectivity index (χ2n) is 9.78. The molecule has 8 nitrogen and oxygen atoms in total. The summed E-state index contributed by atoms with van der Waals surface area (Å²) in [6, 6.07) is 15.4. The van der Waals surface area contributed by atoms with E-state index in [-0.39, 0.29) is 30.2 Å². The number of nitrogens with one attached hydrogen (secondary N) is 2. The molecule has 198 valence electrons. The molecule has 2 N–H and O–H groups in total. The minimum absolute atomic E-state index is 0.105. The van der Waals surface area contributed by atoms with Gasteiger partial charge in [0, 0.05) is 31.6 Å². The molecule has 0 radical (unpaired) electrons. The zero-order valence-corrected chi connectivity index (χ0v) is 21.9. The van der Waals surface area contributed by atoms with Crippen molar-refractivity contribution in [2.24, 2.45) is 0 Å². The summed E-state index contributed by atoms with van der Waals surface area (Å²) in [7, 11) is 0. The van der Waals surface area contributed by atoms with E-state index in [1.165, 1.54) is 5.56 Å². The van der Waals surface area contributed by atoms with Gasteiger partial charge >= 0.3 is 0 Å². The predicted molar refractivity (Wildman–Crippen MR) is 142 cm³/mol. The number of benzene rings is 2. The second kappa shape index (κ2) is 12.8. The topological polar surface area (TPSA) is 91.0 Å². The summed E-state index contributed by atoms with van der Waals surface area (Å²) in [6.07, 6.45) is 2.82. The molecule has 3 heterocycles. The van der Waals surface area contributed by atoms with Crippen molar-refractivity contribution in [3.8, 4) is 5.75 Å². The number of nitrogens with zero attached hydrogens (tertiary/aromatic N) is 2. The molecule has 0 aromatic heterocycles. The van der Waals surface area contributed by atoms with E-state index in [0.717, 1.165) is 56.9 Å². The molecule has 2 aromatic carbocycles. The molecule has 2 unspecified atom stereocenters. The normalized spacial score (nSPS) is 21.7. The molecule has 8 heteroatoms. The van der Waals surface area contributed by atoms with Gasteiger partial charge in [0.1, 0.15) is 17.9 Å². The highest BCUT2D eigenvalue weighted by Gasteiger charge is 2.39. The van der Waals surface area contributed by atoms with E-state index in [4.69, 9.17) is 4.74 Å². The van der Waals surface area contributed by atoms with E-state index < -0.39 is 6.04 Å². The Kier molecular flexibility index (Phi) is 9.30. The number of carbonyl (C=O) groups excluding carboxylic acids is 3. The van der Waals surface area contributed by atoms with Crippen molar-refractivity contribution in [2.75, 3.05) is 26.2 Å². The van der Waals surface area contributed by atoms with E-state index in [0.29, 0.717) is 18.5 Å². The third-order valence-electron chi connectivity index (χ3n) is 7.01. The molecule has 3 amide bonds. The fourth-order valence-electron chi connectivity index (χ4n) is 5.16. The maximum atomic E-state index is 12.9. The Morgan fingerprint density at radius 2 is 1.81 bits per heavy atom. The molecule has 0 bridgehead atoms. The molecular weight excluding hydrogens is 468 g/mol. The number of hydrogen-bond donors (Lipinski definition) is 2. The van der Waals surface area contributed by atoms with Gasteiger partial charge in [0.15, 0.2) is 0 Å². The quantitative estimate of drug-likeness (QED) is 0.561. The van der Waals surface area contributed by atoms with E-state index in [9.17, 15) is 14.4 Å². The number of amides is 3. The molecule has 2 aromatic rings. The van der Waals surface area contributed by atoms with Crippen molar-refractivity contribution >= 4 is 17.7 Å². The van der Waals surface area contributed by atoms with Gasteiger partial charge in [0.05, 0.1) is 0 Å². The van der Waals surface area contributed by atoms with Crippen LogP contribution < -0.4 is 15.4 Å². The molecule has 0 spiro atoms. The zero-order chi connectivity index (χ0) is 26.2. The zero-order valence-electron chi connectivity index (χ0n) is 21.9. The Morgan fingerprint density at radius 3 is 2.51 bits per heavy atom. The van der Waals surface area contributed by atoms with E-state index in [1.807, 2.05) is 18.2 Å². The molecule has 3 aliphatic heterocycles. The van der Waals surface area contributed by atoms with Crippen molar-refractivity contribution in [1.29, 1.82) is 0 Å². The van der Waals surface area contributed by atoms with E-state index in [1.54, 1.807) is 11.0 Å². The van der Waals surface area contributed by atoms with Gasteiger partial charge in [0.25, 0.3) is 5.91 Å². The van der Waals surface area contributed by atoms with Crippen molar-refractivity contribution in [3.05, 3.63) is 65.2 Å². The van der Waals surface area contributed by atoms with Gasteiger partial charge in [-0.2, -0.15) is 0 Å². The lowest BCUT2D eigenvalue weighted by molar-refractivity contribution is -0.136. The number of hydrogen-bond acceptors (Lipinski definition) is 6. The van der Waals surface area contributed by atoms with Crippen LogP contribution >= 0.6 is 0 Å². The number of piperidine rings is 2. The fourth-order valence-corrected chi connectivity index (χ4v) is 5.16. The van der Waals surface area contributed by atoms with Crippen molar-refractivity contribution in [3.63, 3.8) is 0 Å². The predicted octanol–water partition coefficient (Wildman–Crippen LogP) is 3.11. The van der Waals surface area contributed by atoms with Gasteiger partial charge in [-0.15, -0.1) is 0 Å². The van der Waals surface area contributed by atoms with Crippen LogP contribution in [0.25, 0.3) is 0 Å². The number of imide groups is 1. The van der Waals surface area contributed by atoms with Crippen LogP contribution in [0, 0.1) is 0 Å². The van der Waals surface area contributed by atoms with E-state index >= 15 is 0 Å². The van der Waals surface area contributed by atoms with Crippen LogP contribution in [0.4, 0.5) is 0 Å². The number of carbonyl (C=O) groups is 3. The molecule has 0 saturated carbocycles. The molecule has 2 saturated heterocycles. The van der Waals surface area contributed by atoms with Crippen molar-refractivity contribution in [2.45, 2.75) is 64.8 Å². The van der Waals surface area contributed by atoms with Crippen LogP contribution in [0.5, 0.6) is 5.75 Å². The van der Waals surface area contributed by atoms with Crippen LogP contribution in [0.2, 0.25) is 0 Å². The summed E-state index contributed by atoms with van der Waals surface area (Å²) in [5.74, 6) is -0.0690. The maximum Gasteiger partial charge on any atom is 0.255 e.